The molecule has 0 bridgehead atoms. The summed E-state index contributed by atoms with van der Waals surface area (Å²) < 4.78 is 0. The second-order valence-corrected chi connectivity index (χ2v) is 5.22. The van der Waals surface area contributed by atoms with E-state index in [4.69, 9.17) is 0 Å². The zero-order chi connectivity index (χ0) is 15.4. The topological polar surface area (TPSA) is 74.6 Å². The summed E-state index contributed by atoms with van der Waals surface area (Å²) in [6.45, 7) is 7.75. The maximum absolute atomic E-state index is 11.7. The first-order valence-electron chi connectivity index (χ1n) is 6.98. The van der Waals surface area contributed by atoms with E-state index < -0.39 is 11.9 Å². The molecule has 0 radical (unpaired) electrons. The summed E-state index contributed by atoms with van der Waals surface area (Å²) in [5, 5.41) is 18.9. The van der Waals surface area contributed by atoms with E-state index in [1.54, 1.807) is 6.07 Å². The largest absolute Gasteiger partial charge is 0.478 e. The fourth-order valence-corrected chi connectivity index (χ4v) is 2.41. The lowest BCUT2D eigenvalue weighted by Crippen LogP contribution is -2.16. The van der Waals surface area contributed by atoms with Gasteiger partial charge in [0.2, 0.25) is 0 Å². The molecule has 0 aliphatic heterocycles. The van der Waals surface area contributed by atoms with Crippen LogP contribution in [-0.2, 0) is 0 Å². The highest BCUT2D eigenvalue weighted by Gasteiger charge is 2.26. The number of benzene rings is 1. The molecule has 0 spiro atoms. The quantitative estimate of drug-likeness (QED) is 0.821. The van der Waals surface area contributed by atoms with Gasteiger partial charge < -0.3 is 10.2 Å². The maximum atomic E-state index is 11.7. The van der Waals surface area contributed by atoms with E-state index in [2.05, 4.69) is 0 Å². The van der Waals surface area contributed by atoms with Gasteiger partial charge >= 0.3 is 11.9 Å². The summed E-state index contributed by atoms with van der Waals surface area (Å²) in [6.07, 6.45) is 1.51. The van der Waals surface area contributed by atoms with Crippen LogP contribution in [0.5, 0.6) is 0 Å². The van der Waals surface area contributed by atoms with Crippen LogP contribution < -0.4 is 0 Å². The van der Waals surface area contributed by atoms with Crippen molar-refractivity contribution in [2.75, 3.05) is 0 Å². The average Bonchev–Trinajstić information content (AvgIpc) is 2.43. The van der Waals surface area contributed by atoms with Crippen molar-refractivity contribution in [3.8, 4) is 0 Å². The monoisotopic (exact) mass is 278 g/mol. The van der Waals surface area contributed by atoms with Crippen molar-refractivity contribution >= 4 is 11.9 Å². The Morgan fingerprint density at radius 3 is 1.95 bits per heavy atom. The summed E-state index contributed by atoms with van der Waals surface area (Å²) in [4.78, 5) is 23.0. The molecule has 0 saturated carbocycles. The minimum atomic E-state index is -1.07. The van der Waals surface area contributed by atoms with Gasteiger partial charge in [-0.2, -0.15) is 0 Å². The third-order valence-corrected chi connectivity index (χ3v) is 3.97. The van der Waals surface area contributed by atoms with Crippen LogP contribution in [0.15, 0.2) is 12.1 Å². The van der Waals surface area contributed by atoms with E-state index in [0.29, 0.717) is 12.0 Å². The summed E-state index contributed by atoms with van der Waals surface area (Å²) >= 11 is 0. The standard InChI is InChI=1S/C16H22O4/c1-5-9(3)11-7-8-12(15(17)18)13(10(4)6-2)14(11)16(19)20/h7-10H,5-6H2,1-4H3,(H,17,18)(H,19,20). The molecular weight excluding hydrogens is 256 g/mol. The van der Waals surface area contributed by atoms with Gasteiger partial charge in [0.15, 0.2) is 0 Å². The lowest BCUT2D eigenvalue weighted by molar-refractivity contribution is 0.0693. The van der Waals surface area contributed by atoms with Crippen LogP contribution in [0.2, 0.25) is 0 Å². The van der Waals surface area contributed by atoms with Gasteiger partial charge in [-0.3, -0.25) is 0 Å². The van der Waals surface area contributed by atoms with Crippen molar-refractivity contribution in [1.29, 1.82) is 0 Å². The Labute approximate surface area is 119 Å². The van der Waals surface area contributed by atoms with Gasteiger partial charge in [-0.25, -0.2) is 9.59 Å². The van der Waals surface area contributed by atoms with E-state index in [1.165, 1.54) is 6.07 Å². The van der Waals surface area contributed by atoms with Crippen molar-refractivity contribution in [2.45, 2.75) is 52.4 Å². The molecule has 2 atom stereocenters. The molecule has 1 aromatic rings. The minimum absolute atomic E-state index is 0.0896. The van der Waals surface area contributed by atoms with Gasteiger partial charge in [0.05, 0.1) is 11.1 Å². The van der Waals surface area contributed by atoms with Gasteiger partial charge in [-0.1, -0.05) is 33.8 Å². The van der Waals surface area contributed by atoms with Crippen LogP contribution in [0.25, 0.3) is 0 Å². The number of aromatic carboxylic acids is 2. The fourth-order valence-electron chi connectivity index (χ4n) is 2.41. The smallest absolute Gasteiger partial charge is 0.336 e. The molecule has 0 amide bonds. The van der Waals surface area contributed by atoms with Crippen LogP contribution in [0.4, 0.5) is 0 Å². The molecule has 0 aliphatic rings. The lowest BCUT2D eigenvalue weighted by Gasteiger charge is -2.21. The molecule has 0 aromatic heterocycles. The second kappa shape index (κ2) is 6.55. The molecule has 1 rings (SSSR count). The Morgan fingerprint density at radius 2 is 1.55 bits per heavy atom. The van der Waals surface area contributed by atoms with Crippen LogP contribution in [0.1, 0.15) is 84.2 Å². The summed E-state index contributed by atoms with van der Waals surface area (Å²) in [6, 6.07) is 3.19. The van der Waals surface area contributed by atoms with Gasteiger partial charge in [0.1, 0.15) is 0 Å². The molecular formula is C16H22O4. The van der Waals surface area contributed by atoms with Gasteiger partial charge in [0.25, 0.3) is 0 Å². The highest BCUT2D eigenvalue weighted by atomic mass is 16.4. The lowest BCUT2D eigenvalue weighted by atomic mass is 9.82. The Hall–Kier alpha value is -1.84. The van der Waals surface area contributed by atoms with Crippen molar-refractivity contribution in [3.05, 3.63) is 34.4 Å². The first-order valence-corrected chi connectivity index (χ1v) is 6.98. The molecule has 2 unspecified atom stereocenters. The van der Waals surface area contributed by atoms with Gasteiger partial charge in [-0.05, 0) is 41.9 Å². The van der Waals surface area contributed by atoms with Crippen molar-refractivity contribution in [1.82, 2.24) is 0 Å². The van der Waals surface area contributed by atoms with Crippen molar-refractivity contribution < 1.29 is 19.8 Å². The second-order valence-electron chi connectivity index (χ2n) is 5.22. The van der Waals surface area contributed by atoms with Gasteiger partial charge in [-0.15, -0.1) is 0 Å². The third-order valence-electron chi connectivity index (χ3n) is 3.97. The third kappa shape index (κ3) is 3.00. The highest BCUT2D eigenvalue weighted by molar-refractivity contribution is 5.98. The summed E-state index contributed by atoms with van der Waals surface area (Å²) in [5.41, 5.74) is 1.45. The zero-order valence-electron chi connectivity index (χ0n) is 12.4. The SMILES string of the molecule is CCC(C)c1ccc(C(=O)O)c(C(C)CC)c1C(=O)O. The van der Waals surface area contributed by atoms with Crippen LogP contribution in [0.3, 0.4) is 0 Å². The Bertz CT molecular complexity index is 519. The Morgan fingerprint density at radius 1 is 1.00 bits per heavy atom. The molecule has 20 heavy (non-hydrogen) atoms. The van der Waals surface area contributed by atoms with Gasteiger partial charge in [0, 0.05) is 0 Å². The number of carboxylic acid groups (broad SMARTS) is 2. The molecule has 4 nitrogen and oxygen atoms in total. The average molecular weight is 278 g/mol. The molecule has 0 fully saturated rings. The van der Waals surface area contributed by atoms with Crippen molar-refractivity contribution in [3.63, 3.8) is 0 Å². The molecule has 1 aromatic carbocycles. The molecule has 110 valence electrons. The number of carboxylic acids is 2. The predicted octanol–water partition coefficient (Wildman–Crippen LogP) is 4.11. The van der Waals surface area contributed by atoms with Crippen LogP contribution in [-0.4, -0.2) is 22.2 Å². The number of carbonyl (C=O) groups is 2. The normalized spacial score (nSPS) is 13.8. The minimum Gasteiger partial charge on any atom is -0.478 e. The number of hydrogen-bond donors (Lipinski definition) is 2. The van der Waals surface area contributed by atoms with Crippen molar-refractivity contribution in [2.24, 2.45) is 0 Å². The fraction of sp³-hybridized carbons (Fsp3) is 0.500. The first kappa shape index (κ1) is 16.2. The molecule has 0 heterocycles. The van der Waals surface area contributed by atoms with E-state index in [-0.39, 0.29) is 23.0 Å². The highest BCUT2D eigenvalue weighted by Crippen LogP contribution is 2.33. The first-order chi connectivity index (χ1) is 9.34. The maximum Gasteiger partial charge on any atom is 0.336 e. The van der Waals surface area contributed by atoms with Crippen LogP contribution >= 0.6 is 0 Å². The Kier molecular flexibility index (Phi) is 5.31. The van der Waals surface area contributed by atoms with E-state index in [0.717, 1.165) is 12.0 Å². The summed E-state index contributed by atoms with van der Waals surface area (Å²) in [7, 11) is 0. The van der Waals surface area contributed by atoms with E-state index in [9.17, 15) is 19.8 Å². The Balaban J connectivity index is 3.70. The molecule has 0 saturated heterocycles. The zero-order valence-corrected chi connectivity index (χ0v) is 12.4. The molecule has 0 aliphatic carbocycles. The summed E-state index contributed by atoms with van der Waals surface area (Å²) in [5.74, 6) is -2.12. The molecule has 4 heteroatoms. The number of rotatable bonds is 6. The number of hydrogen-bond acceptors (Lipinski definition) is 2. The van der Waals surface area contributed by atoms with Crippen LogP contribution in [0, 0.1) is 0 Å². The predicted molar refractivity (Wildman–Crippen MR) is 77.8 cm³/mol. The van der Waals surface area contributed by atoms with E-state index >= 15 is 0 Å². The molecule has 2 N–H and O–H groups in total. The van der Waals surface area contributed by atoms with E-state index in [1.807, 2.05) is 27.7 Å².